The molecule has 2 bridgehead atoms. The largest absolute Gasteiger partial charge is 0.409 e. The molecule has 4 atom stereocenters. The highest BCUT2D eigenvalue weighted by atomic mass is 32.2. The van der Waals surface area contributed by atoms with Gasteiger partial charge in [-0.1, -0.05) is 18.2 Å². The number of carbonyl (C=O) groups is 1. The van der Waals surface area contributed by atoms with Crippen LogP contribution in [0.4, 0.5) is 13.2 Å². The fraction of sp³-hybridized carbons (Fsp3) is 0.818. The van der Waals surface area contributed by atoms with E-state index >= 15 is 0 Å². The third-order valence-electron chi connectivity index (χ3n) is 3.98. The van der Waals surface area contributed by atoms with Crippen molar-refractivity contribution in [1.82, 2.24) is 5.32 Å². The SMILES string of the molecule is O=C1NC(=N[C@H]2C[C@@H]3CC[C@H]2C3)SC1C(F)(F)F. The molecule has 0 aromatic heterocycles. The number of alkyl halides is 3. The number of carbonyl (C=O) groups excluding carboxylic acids is 1. The fourth-order valence-electron chi connectivity index (χ4n) is 3.16. The lowest BCUT2D eigenvalue weighted by atomic mass is 9.96. The molecule has 3 aliphatic rings. The number of rotatable bonds is 1. The molecule has 3 nitrogen and oxygen atoms in total. The lowest BCUT2D eigenvalue weighted by Crippen LogP contribution is -2.35. The highest BCUT2D eigenvalue weighted by Crippen LogP contribution is 2.46. The van der Waals surface area contributed by atoms with E-state index in [0.29, 0.717) is 23.6 Å². The zero-order chi connectivity index (χ0) is 12.9. The average Bonchev–Trinajstić information content (AvgIpc) is 2.92. The molecule has 100 valence electrons. The van der Waals surface area contributed by atoms with Crippen molar-refractivity contribution in [1.29, 1.82) is 0 Å². The highest BCUT2D eigenvalue weighted by Gasteiger charge is 2.51. The molecule has 1 heterocycles. The van der Waals surface area contributed by atoms with Gasteiger partial charge in [-0.2, -0.15) is 13.2 Å². The molecule has 1 aliphatic heterocycles. The first-order valence-corrected chi connectivity index (χ1v) is 6.93. The van der Waals surface area contributed by atoms with Crippen LogP contribution in [0.15, 0.2) is 4.99 Å². The zero-order valence-corrected chi connectivity index (χ0v) is 10.4. The fourth-order valence-corrected chi connectivity index (χ4v) is 4.04. The Bertz CT molecular complexity index is 410. The van der Waals surface area contributed by atoms with E-state index in [2.05, 4.69) is 10.3 Å². The molecular formula is C11H13F3N2OS. The number of amidine groups is 1. The Balaban J connectivity index is 1.70. The minimum Gasteiger partial charge on any atom is -0.304 e. The standard InChI is InChI=1S/C11H13F3N2OS/c12-11(13,14)8-9(17)16-10(18-8)15-7-4-5-1-2-6(7)3-5/h5-8H,1-4H2,(H,15,16,17)/t5-,6+,7+,8?/m1/s1. The molecule has 1 amide bonds. The summed E-state index contributed by atoms with van der Waals surface area (Å²) in [4.78, 5) is 15.6. The summed E-state index contributed by atoms with van der Waals surface area (Å²) in [5.41, 5.74) is 0. The van der Waals surface area contributed by atoms with Gasteiger partial charge in [0.2, 0.25) is 5.91 Å². The third kappa shape index (κ3) is 2.13. The number of hydrogen-bond acceptors (Lipinski definition) is 3. The second-order valence-corrected chi connectivity index (χ2v) is 6.30. The Kier molecular flexibility index (Phi) is 2.84. The van der Waals surface area contributed by atoms with Crippen molar-refractivity contribution < 1.29 is 18.0 Å². The molecule has 3 rings (SSSR count). The first-order valence-electron chi connectivity index (χ1n) is 6.05. The van der Waals surface area contributed by atoms with Crippen molar-refractivity contribution >= 4 is 22.8 Å². The summed E-state index contributed by atoms with van der Waals surface area (Å²) in [5.74, 6) is 0.198. The number of aliphatic imine (C=N–C) groups is 1. The number of nitrogens with one attached hydrogen (secondary N) is 1. The normalized spacial score (nSPS) is 41.7. The van der Waals surface area contributed by atoms with Gasteiger partial charge in [-0.3, -0.25) is 9.79 Å². The zero-order valence-electron chi connectivity index (χ0n) is 9.54. The maximum Gasteiger partial charge on any atom is 0.409 e. The molecule has 1 saturated heterocycles. The Morgan fingerprint density at radius 1 is 1.28 bits per heavy atom. The van der Waals surface area contributed by atoms with Gasteiger partial charge in [-0.05, 0) is 31.1 Å². The van der Waals surface area contributed by atoms with Crippen LogP contribution in [0.5, 0.6) is 0 Å². The minimum absolute atomic E-state index is 0.110. The number of thioether (sulfide) groups is 1. The van der Waals surface area contributed by atoms with Crippen molar-refractivity contribution in [3.63, 3.8) is 0 Å². The van der Waals surface area contributed by atoms with Crippen molar-refractivity contribution in [2.75, 3.05) is 0 Å². The molecule has 18 heavy (non-hydrogen) atoms. The van der Waals surface area contributed by atoms with Gasteiger partial charge in [0.05, 0.1) is 6.04 Å². The van der Waals surface area contributed by atoms with Gasteiger partial charge in [0.25, 0.3) is 0 Å². The van der Waals surface area contributed by atoms with Crippen LogP contribution < -0.4 is 5.32 Å². The van der Waals surface area contributed by atoms with Crippen LogP contribution in [-0.4, -0.2) is 28.5 Å². The van der Waals surface area contributed by atoms with E-state index in [9.17, 15) is 18.0 Å². The first-order chi connectivity index (χ1) is 8.43. The first kappa shape index (κ1) is 12.3. The number of fused-ring (bicyclic) bond motifs is 2. The number of amides is 1. The molecule has 2 saturated carbocycles. The van der Waals surface area contributed by atoms with Crippen LogP contribution in [0.3, 0.4) is 0 Å². The van der Waals surface area contributed by atoms with Gasteiger partial charge in [0.1, 0.15) is 0 Å². The Labute approximate surface area is 107 Å². The van der Waals surface area contributed by atoms with Crippen LogP contribution >= 0.6 is 11.8 Å². The van der Waals surface area contributed by atoms with Crippen LogP contribution in [0.2, 0.25) is 0 Å². The molecule has 0 aromatic rings. The summed E-state index contributed by atoms with van der Waals surface area (Å²) in [6, 6.07) is 0.110. The Hall–Kier alpha value is -0.720. The van der Waals surface area contributed by atoms with E-state index < -0.39 is 17.3 Å². The lowest BCUT2D eigenvalue weighted by Gasteiger charge is -2.17. The van der Waals surface area contributed by atoms with Gasteiger partial charge in [0, 0.05) is 0 Å². The van der Waals surface area contributed by atoms with E-state index in [4.69, 9.17) is 0 Å². The average molecular weight is 278 g/mol. The molecule has 0 aromatic carbocycles. The summed E-state index contributed by atoms with van der Waals surface area (Å²) in [6.07, 6.45) is -0.0606. The monoisotopic (exact) mass is 278 g/mol. The quantitative estimate of drug-likeness (QED) is 0.800. The van der Waals surface area contributed by atoms with Crippen molar-refractivity contribution in [2.24, 2.45) is 16.8 Å². The van der Waals surface area contributed by atoms with E-state index in [1.54, 1.807) is 0 Å². The number of halogens is 3. The summed E-state index contributed by atoms with van der Waals surface area (Å²) in [5, 5.41) is 0.413. The lowest BCUT2D eigenvalue weighted by molar-refractivity contribution is -0.148. The molecule has 2 aliphatic carbocycles. The molecule has 7 heteroatoms. The predicted molar refractivity (Wildman–Crippen MR) is 62.2 cm³/mol. The topological polar surface area (TPSA) is 41.5 Å². The predicted octanol–water partition coefficient (Wildman–Crippen LogP) is 2.32. The van der Waals surface area contributed by atoms with Gasteiger partial charge in [-0.25, -0.2) is 0 Å². The van der Waals surface area contributed by atoms with Crippen LogP contribution in [-0.2, 0) is 4.79 Å². The van der Waals surface area contributed by atoms with Crippen LogP contribution in [0.1, 0.15) is 25.7 Å². The van der Waals surface area contributed by atoms with E-state index in [-0.39, 0.29) is 11.2 Å². The van der Waals surface area contributed by atoms with E-state index in [1.807, 2.05) is 0 Å². The van der Waals surface area contributed by atoms with Gasteiger partial charge >= 0.3 is 6.18 Å². The second kappa shape index (κ2) is 4.15. The third-order valence-corrected chi connectivity index (χ3v) is 5.13. The molecule has 0 radical (unpaired) electrons. The summed E-state index contributed by atoms with van der Waals surface area (Å²) in [6.45, 7) is 0. The molecule has 0 spiro atoms. The van der Waals surface area contributed by atoms with Crippen molar-refractivity contribution in [3.8, 4) is 0 Å². The maximum atomic E-state index is 12.5. The maximum absolute atomic E-state index is 12.5. The molecule has 1 N–H and O–H groups in total. The van der Waals surface area contributed by atoms with Crippen LogP contribution in [0, 0.1) is 11.8 Å². The van der Waals surface area contributed by atoms with Crippen molar-refractivity contribution in [3.05, 3.63) is 0 Å². The van der Waals surface area contributed by atoms with Gasteiger partial charge in [-0.15, -0.1) is 0 Å². The summed E-state index contributed by atoms with van der Waals surface area (Å²) in [7, 11) is 0. The highest BCUT2D eigenvalue weighted by molar-refractivity contribution is 8.15. The summed E-state index contributed by atoms with van der Waals surface area (Å²) < 4.78 is 37.5. The van der Waals surface area contributed by atoms with Gasteiger partial charge in [0.15, 0.2) is 10.4 Å². The molecule has 1 unspecified atom stereocenters. The molecule has 3 fully saturated rings. The van der Waals surface area contributed by atoms with Crippen molar-refractivity contribution in [2.45, 2.75) is 43.2 Å². The number of nitrogens with zero attached hydrogens (tertiary/aromatic N) is 1. The van der Waals surface area contributed by atoms with Crippen LogP contribution in [0.25, 0.3) is 0 Å². The van der Waals surface area contributed by atoms with Gasteiger partial charge < -0.3 is 5.32 Å². The Morgan fingerprint density at radius 2 is 2.06 bits per heavy atom. The number of hydrogen-bond donors (Lipinski definition) is 1. The second-order valence-electron chi connectivity index (χ2n) is 5.21. The molecular weight excluding hydrogens is 265 g/mol. The Morgan fingerprint density at radius 3 is 2.56 bits per heavy atom. The smallest absolute Gasteiger partial charge is 0.304 e. The summed E-state index contributed by atoms with van der Waals surface area (Å²) >= 11 is 0.504. The minimum atomic E-state index is -4.50. The van der Waals surface area contributed by atoms with E-state index in [1.165, 1.54) is 6.42 Å². The van der Waals surface area contributed by atoms with E-state index in [0.717, 1.165) is 19.3 Å².